The number of carbonyl (C=O) groups excluding carboxylic acids is 2. The van der Waals surface area contributed by atoms with E-state index in [9.17, 15) is 9.59 Å². The van der Waals surface area contributed by atoms with E-state index in [1.54, 1.807) is 11.9 Å². The van der Waals surface area contributed by atoms with E-state index in [0.717, 1.165) is 19.4 Å². The van der Waals surface area contributed by atoms with Crippen LogP contribution in [0.25, 0.3) is 0 Å². The fraction of sp³-hybridized carbons (Fsp3) is 0.800. The Morgan fingerprint density at radius 3 is 3.00 bits per heavy atom. The predicted octanol–water partition coefficient (Wildman–Crippen LogP) is -0.667. The molecule has 1 atom stereocenters. The van der Waals surface area contributed by atoms with E-state index in [1.807, 2.05) is 6.92 Å². The zero-order chi connectivity index (χ0) is 11.3. The van der Waals surface area contributed by atoms with Crippen molar-refractivity contribution in [2.24, 2.45) is 0 Å². The average molecular weight is 213 g/mol. The molecule has 5 heteroatoms. The molecule has 0 bridgehead atoms. The Kier molecular flexibility index (Phi) is 4.55. The van der Waals surface area contributed by atoms with Gasteiger partial charge in [-0.3, -0.25) is 14.9 Å². The Balaban J connectivity index is 2.29. The van der Waals surface area contributed by atoms with Crippen LogP contribution in [0, 0.1) is 0 Å². The molecule has 0 radical (unpaired) electrons. The highest BCUT2D eigenvalue weighted by molar-refractivity contribution is 5.84. The van der Waals surface area contributed by atoms with Gasteiger partial charge in [-0.2, -0.15) is 0 Å². The smallest absolute Gasteiger partial charge is 0.237 e. The summed E-state index contributed by atoms with van der Waals surface area (Å²) in [5.41, 5.74) is 0. The lowest BCUT2D eigenvalue weighted by Gasteiger charge is -2.23. The molecule has 0 saturated carbocycles. The number of likely N-dealkylation sites (N-methyl/N-ethyl adjacent to an activating group) is 1. The largest absolute Gasteiger partial charge is 0.355 e. The maximum atomic E-state index is 11.5. The Hall–Kier alpha value is -1.10. The zero-order valence-corrected chi connectivity index (χ0v) is 9.38. The Morgan fingerprint density at radius 1 is 1.67 bits per heavy atom. The zero-order valence-electron chi connectivity index (χ0n) is 9.38. The number of piperidine rings is 1. The van der Waals surface area contributed by atoms with Gasteiger partial charge in [0.05, 0.1) is 12.6 Å². The highest BCUT2D eigenvalue weighted by atomic mass is 16.2. The van der Waals surface area contributed by atoms with Crippen molar-refractivity contribution in [2.75, 3.05) is 26.7 Å². The van der Waals surface area contributed by atoms with Crippen LogP contribution in [0.4, 0.5) is 0 Å². The summed E-state index contributed by atoms with van der Waals surface area (Å²) in [6, 6.07) is -0.201. The summed E-state index contributed by atoms with van der Waals surface area (Å²) in [5, 5.41) is 5.76. The normalized spacial score (nSPS) is 20.9. The standard InChI is InChI=1S/C10H19N3O2/c1-3-13(2)9(14)7-12-8-5-4-6-11-10(8)15/h8,12H,3-7H2,1-2H3,(H,11,15). The van der Waals surface area contributed by atoms with Crippen molar-refractivity contribution in [3.8, 4) is 0 Å². The van der Waals surface area contributed by atoms with Gasteiger partial charge < -0.3 is 10.2 Å². The van der Waals surface area contributed by atoms with Crippen molar-refractivity contribution < 1.29 is 9.59 Å². The van der Waals surface area contributed by atoms with Gasteiger partial charge in [0.15, 0.2) is 0 Å². The van der Waals surface area contributed by atoms with Crippen LogP contribution in [0.1, 0.15) is 19.8 Å². The van der Waals surface area contributed by atoms with E-state index in [1.165, 1.54) is 0 Å². The number of nitrogens with zero attached hydrogens (tertiary/aromatic N) is 1. The third-order valence-electron chi connectivity index (χ3n) is 2.69. The molecular formula is C10H19N3O2. The molecule has 1 fully saturated rings. The summed E-state index contributed by atoms with van der Waals surface area (Å²) in [5.74, 6) is 0.0316. The molecule has 1 aliphatic heterocycles. The van der Waals surface area contributed by atoms with E-state index in [4.69, 9.17) is 0 Å². The van der Waals surface area contributed by atoms with Crippen LogP contribution >= 0.6 is 0 Å². The molecular weight excluding hydrogens is 194 g/mol. The van der Waals surface area contributed by atoms with E-state index in [0.29, 0.717) is 6.54 Å². The lowest BCUT2D eigenvalue weighted by molar-refractivity contribution is -0.129. The molecule has 0 aromatic rings. The van der Waals surface area contributed by atoms with Crippen LogP contribution in [0.15, 0.2) is 0 Å². The summed E-state index contributed by atoms with van der Waals surface area (Å²) in [6.45, 7) is 3.60. The van der Waals surface area contributed by atoms with Crippen LogP contribution < -0.4 is 10.6 Å². The van der Waals surface area contributed by atoms with Crippen LogP contribution in [0.3, 0.4) is 0 Å². The van der Waals surface area contributed by atoms with Crippen molar-refractivity contribution in [1.82, 2.24) is 15.5 Å². The van der Waals surface area contributed by atoms with Gasteiger partial charge in [0.25, 0.3) is 0 Å². The third-order valence-corrected chi connectivity index (χ3v) is 2.69. The first-order valence-electron chi connectivity index (χ1n) is 5.40. The van der Waals surface area contributed by atoms with Crippen molar-refractivity contribution in [1.29, 1.82) is 0 Å². The van der Waals surface area contributed by atoms with Gasteiger partial charge in [-0.25, -0.2) is 0 Å². The topological polar surface area (TPSA) is 61.4 Å². The van der Waals surface area contributed by atoms with Crippen molar-refractivity contribution in [2.45, 2.75) is 25.8 Å². The molecule has 0 spiro atoms. The summed E-state index contributed by atoms with van der Waals surface area (Å²) in [7, 11) is 1.75. The Bertz CT molecular complexity index is 243. The fourth-order valence-corrected chi connectivity index (χ4v) is 1.49. The first-order valence-corrected chi connectivity index (χ1v) is 5.40. The second-order valence-electron chi connectivity index (χ2n) is 3.77. The molecule has 15 heavy (non-hydrogen) atoms. The van der Waals surface area contributed by atoms with E-state index in [2.05, 4.69) is 10.6 Å². The average Bonchev–Trinajstić information content (AvgIpc) is 2.26. The molecule has 1 unspecified atom stereocenters. The highest BCUT2D eigenvalue weighted by Gasteiger charge is 2.22. The molecule has 0 aromatic carbocycles. The van der Waals surface area contributed by atoms with Gasteiger partial charge in [0, 0.05) is 20.1 Å². The van der Waals surface area contributed by atoms with Gasteiger partial charge in [0.2, 0.25) is 11.8 Å². The lowest BCUT2D eigenvalue weighted by atomic mass is 10.1. The van der Waals surface area contributed by atoms with Crippen molar-refractivity contribution in [3.05, 3.63) is 0 Å². The van der Waals surface area contributed by atoms with Crippen LogP contribution in [-0.4, -0.2) is 49.4 Å². The van der Waals surface area contributed by atoms with Crippen molar-refractivity contribution >= 4 is 11.8 Å². The van der Waals surface area contributed by atoms with Crippen molar-refractivity contribution in [3.63, 3.8) is 0 Å². The van der Waals surface area contributed by atoms with E-state index in [-0.39, 0.29) is 24.4 Å². The molecule has 1 saturated heterocycles. The first-order chi connectivity index (χ1) is 7.15. The number of amides is 2. The minimum absolute atomic E-state index is 0.00759. The summed E-state index contributed by atoms with van der Waals surface area (Å²) in [4.78, 5) is 24.4. The molecule has 0 aromatic heterocycles. The maximum absolute atomic E-state index is 11.5. The Morgan fingerprint density at radius 2 is 2.40 bits per heavy atom. The second kappa shape index (κ2) is 5.70. The number of nitrogens with one attached hydrogen (secondary N) is 2. The first kappa shape index (κ1) is 12.0. The van der Waals surface area contributed by atoms with Gasteiger partial charge in [-0.15, -0.1) is 0 Å². The molecule has 86 valence electrons. The number of hydrogen-bond donors (Lipinski definition) is 2. The predicted molar refractivity (Wildman–Crippen MR) is 57.3 cm³/mol. The number of rotatable bonds is 4. The van der Waals surface area contributed by atoms with Gasteiger partial charge in [-0.1, -0.05) is 0 Å². The molecule has 2 N–H and O–H groups in total. The van der Waals surface area contributed by atoms with Crippen LogP contribution in [0.2, 0.25) is 0 Å². The van der Waals surface area contributed by atoms with E-state index >= 15 is 0 Å². The Labute approximate surface area is 90.2 Å². The molecule has 0 aliphatic carbocycles. The SMILES string of the molecule is CCN(C)C(=O)CNC1CCCNC1=O. The van der Waals surface area contributed by atoms with Crippen LogP contribution in [0.5, 0.6) is 0 Å². The molecule has 1 heterocycles. The molecule has 1 aliphatic rings. The fourth-order valence-electron chi connectivity index (χ4n) is 1.49. The quantitative estimate of drug-likeness (QED) is 0.651. The minimum atomic E-state index is -0.201. The van der Waals surface area contributed by atoms with Crippen LogP contribution in [-0.2, 0) is 9.59 Å². The van der Waals surface area contributed by atoms with Gasteiger partial charge >= 0.3 is 0 Å². The number of carbonyl (C=O) groups is 2. The van der Waals surface area contributed by atoms with Gasteiger partial charge in [0.1, 0.15) is 0 Å². The molecule has 5 nitrogen and oxygen atoms in total. The number of hydrogen-bond acceptors (Lipinski definition) is 3. The monoisotopic (exact) mass is 213 g/mol. The molecule has 1 rings (SSSR count). The summed E-state index contributed by atoms with van der Waals surface area (Å²) in [6.07, 6.45) is 1.79. The highest BCUT2D eigenvalue weighted by Crippen LogP contribution is 2.02. The summed E-state index contributed by atoms with van der Waals surface area (Å²) >= 11 is 0. The third kappa shape index (κ3) is 3.51. The van der Waals surface area contributed by atoms with E-state index < -0.39 is 0 Å². The lowest BCUT2D eigenvalue weighted by Crippen LogP contribution is -2.50. The summed E-state index contributed by atoms with van der Waals surface area (Å²) < 4.78 is 0. The molecule has 2 amide bonds. The minimum Gasteiger partial charge on any atom is -0.355 e. The second-order valence-corrected chi connectivity index (χ2v) is 3.77. The van der Waals surface area contributed by atoms with Gasteiger partial charge in [-0.05, 0) is 19.8 Å². The maximum Gasteiger partial charge on any atom is 0.237 e.